The number of rotatable bonds is 4. The van der Waals surface area contributed by atoms with Crippen LogP contribution in [-0.4, -0.2) is 17.2 Å². The van der Waals surface area contributed by atoms with Crippen LogP contribution in [0.15, 0.2) is 46.5 Å². The number of aliphatic hydroxyl groups excluding tert-OH is 1. The van der Waals surface area contributed by atoms with Gasteiger partial charge in [0.2, 0.25) is 0 Å². The van der Waals surface area contributed by atoms with Crippen molar-refractivity contribution in [1.82, 2.24) is 4.98 Å². The van der Waals surface area contributed by atoms with Crippen molar-refractivity contribution in [2.24, 2.45) is 0 Å². The molecule has 0 fully saturated rings. The van der Waals surface area contributed by atoms with Gasteiger partial charge < -0.3 is 9.84 Å². The summed E-state index contributed by atoms with van der Waals surface area (Å²) in [6.07, 6.45) is 1.07. The lowest BCUT2D eigenvalue weighted by molar-refractivity contribution is 0.191. The highest BCUT2D eigenvalue weighted by molar-refractivity contribution is 7.99. The second kappa shape index (κ2) is 6.28. The van der Waals surface area contributed by atoms with Crippen molar-refractivity contribution in [3.63, 3.8) is 0 Å². The topological polar surface area (TPSA) is 42.4 Å². The Balaban J connectivity index is 2.43. The van der Waals surface area contributed by atoms with Crippen LogP contribution in [-0.2, 0) is 0 Å². The zero-order valence-corrected chi connectivity index (χ0v) is 12.2. The smallest absolute Gasteiger partial charge is 0.125 e. The van der Waals surface area contributed by atoms with Gasteiger partial charge in [-0.15, -0.1) is 0 Å². The van der Waals surface area contributed by atoms with Gasteiger partial charge in [-0.3, -0.25) is 0 Å². The van der Waals surface area contributed by atoms with E-state index in [1.165, 1.54) is 11.8 Å². The van der Waals surface area contributed by atoms with Gasteiger partial charge in [0.25, 0.3) is 0 Å². The predicted octanol–water partition coefficient (Wildman–Crippen LogP) is 3.95. The van der Waals surface area contributed by atoms with E-state index in [1.807, 2.05) is 18.2 Å². The molecule has 0 bridgehead atoms. The second-order valence-electron chi connectivity index (χ2n) is 3.94. The molecule has 1 heterocycles. The average Bonchev–Trinajstić information content (AvgIpc) is 2.40. The molecule has 2 aromatic rings. The monoisotopic (exact) mass is 295 g/mol. The molecule has 0 saturated carbocycles. The number of methoxy groups -OCH3 is 1. The number of benzene rings is 1. The van der Waals surface area contributed by atoms with E-state index in [4.69, 9.17) is 16.3 Å². The van der Waals surface area contributed by atoms with Crippen LogP contribution in [0.25, 0.3) is 0 Å². The number of ether oxygens (including phenoxy) is 1. The molecular weight excluding hydrogens is 282 g/mol. The Labute approximate surface area is 121 Å². The van der Waals surface area contributed by atoms with Crippen molar-refractivity contribution in [2.75, 3.05) is 7.11 Å². The van der Waals surface area contributed by atoms with E-state index in [-0.39, 0.29) is 0 Å². The van der Waals surface area contributed by atoms with Gasteiger partial charge >= 0.3 is 0 Å². The summed E-state index contributed by atoms with van der Waals surface area (Å²) in [6, 6.07) is 9.20. The summed E-state index contributed by atoms with van der Waals surface area (Å²) in [7, 11) is 1.59. The minimum absolute atomic E-state index is 0.590. The van der Waals surface area contributed by atoms with Crippen molar-refractivity contribution >= 4 is 23.4 Å². The van der Waals surface area contributed by atoms with E-state index in [1.54, 1.807) is 32.4 Å². The maximum Gasteiger partial charge on any atom is 0.125 e. The minimum atomic E-state index is -0.624. The fourth-order valence-corrected chi connectivity index (χ4v) is 3.01. The number of hydrogen-bond acceptors (Lipinski definition) is 4. The van der Waals surface area contributed by atoms with Crippen molar-refractivity contribution in [1.29, 1.82) is 0 Å². The number of halogens is 1. The lowest BCUT2D eigenvalue weighted by Gasteiger charge is -2.15. The average molecular weight is 296 g/mol. The Hall–Kier alpha value is -1.23. The third-order valence-corrected chi connectivity index (χ3v) is 4.11. The summed E-state index contributed by atoms with van der Waals surface area (Å²) in [4.78, 5) is 5.12. The summed E-state index contributed by atoms with van der Waals surface area (Å²) in [5.41, 5.74) is 0.747. The first-order chi connectivity index (χ1) is 9.13. The van der Waals surface area contributed by atoms with Gasteiger partial charge in [-0.25, -0.2) is 4.98 Å². The molecule has 3 nitrogen and oxygen atoms in total. The molecule has 5 heteroatoms. The van der Waals surface area contributed by atoms with Gasteiger partial charge in [0.1, 0.15) is 10.8 Å². The van der Waals surface area contributed by atoms with Gasteiger partial charge in [-0.05, 0) is 31.2 Å². The van der Waals surface area contributed by atoms with E-state index in [9.17, 15) is 5.11 Å². The van der Waals surface area contributed by atoms with Gasteiger partial charge in [-0.2, -0.15) is 0 Å². The molecule has 1 aromatic heterocycles. The van der Waals surface area contributed by atoms with Crippen LogP contribution in [0.3, 0.4) is 0 Å². The largest absolute Gasteiger partial charge is 0.496 e. The Kier molecular flexibility index (Phi) is 4.69. The molecule has 0 unspecified atom stereocenters. The van der Waals surface area contributed by atoms with E-state index < -0.39 is 6.10 Å². The molecule has 0 spiro atoms. The van der Waals surface area contributed by atoms with Gasteiger partial charge in [0, 0.05) is 16.7 Å². The van der Waals surface area contributed by atoms with Crippen molar-refractivity contribution in [3.05, 3.63) is 47.1 Å². The zero-order chi connectivity index (χ0) is 13.8. The molecule has 100 valence electrons. The molecule has 1 aromatic carbocycles. The Morgan fingerprint density at radius 1 is 1.32 bits per heavy atom. The van der Waals surface area contributed by atoms with E-state index in [2.05, 4.69) is 4.98 Å². The Morgan fingerprint density at radius 2 is 2.11 bits per heavy atom. The highest BCUT2D eigenvalue weighted by Crippen LogP contribution is 2.39. The van der Waals surface area contributed by atoms with Crippen LogP contribution >= 0.6 is 23.4 Å². The highest BCUT2D eigenvalue weighted by atomic mass is 35.5. The fraction of sp³-hybridized carbons (Fsp3) is 0.214. The van der Waals surface area contributed by atoms with Crippen LogP contribution in [0.1, 0.15) is 18.6 Å². The third kappa shape index (κ3) is 3.21. The number of hydrogen-bond donors (Lipinski definition) is 1. The molecule has 0 aliphatic carbocycles. The lowest BCUT2D eigenvalue weighted by Crippen LogP contribution is -1.99. The minimum Gasteiger partial charge on any atom is -0.496 e. The summed E-state index contributed by atoms with van der Waals surface area (Å²) in [5, 5.41) is 11.2. The molecule has 0 aliphatic heterocycles. The summed E-state index contributed by atoms with van der Waals surface area (Å²) in [6.45, 7) is 1.71. The molecule has 19 heavy (non-hydrogen) atoms. The number of aliphatic hydroxyl groups is 1. The van der Waals surface area contributed by atoms with Crippen molar-refractivity contribution in [3.8, 4) is 5.75 Å². The maximum atomic E-state index is 9.92. The maximum absolute atomic E-state index is 9.92. The van der Waals surface area contributed by atoms with E-state index in [0.717, 1.165) is 10.5 Å². The summed E-state index contributed by atoms with van der Waals surface area (Å²) in [5.74, 6) is 0.659. The van der Waals surface area contributed by atoms with Crippen LogP contribution in [0.2, 0.25) is 5.02 Å². The molecule has 1 atom stereocenters. The first kappa shape index (κ1) is 14.2. The van der Waals surface area contributed by atoms with Crippen LogP contribution in [0.5, 0.6) is 5.75 Å². The van der Waals surface area contributed by atoms with Gasteiger partial charge in [-0.1, -0.05) is 29.4 Å². The van der Waals surface area contributed by atoms with Crippen molar-refractivity contribution in [2.45, 2.75) is 22.9 Å². The van der Waals surface area contributed by atoms with Crippen LogP contribution in [0, 0.1) is 0 Å². The third-order valence-electron chi connectivity index (χ3n) is 2.60. The highest BCUT2D eigenvalue weighted by Gasteiger charge is 2.16. The lowest BCUT2D eigenvalue weighted by atomic mass is 10.1. The second-order valence-corrected chi connectivity index (χ2v) is 5.38. The van der Waals surface area contributed by atoms with Crippen LogP contribution < -0.4 is 4.74 Å². The summed E-state index contributed by atoms with van der Waals surface area (Å²) < 4.78 is 5.29. The first-order valence-corrected chi connectivity index (χ1v) is 6.96. The molecular formula is C14H14ClNO2S. The standard InChI is InChI=1S/C14H14ClNO2S/c1-9(17)13-11(18-2)6-3-7-12(13)19-14-10(15)5-4-8-16-14/h3-9,17H,1-2H3/t9-/m1/s1. The molecule has 0 radical (unpaired) electrons. The quantitative estimate of drug-likeness (QED) is 0.927. The molecule has 1 N–H and O–H groups in total. The summed E-state index contributed by atoms with van der Waals surface area (Å²) >= 11 is 7.52. The Morgan fingerprint density at radius 3 is 2.74 bits per heavy atom. The zero-order valence-electron chi connectivity index (χ0n) is 10.6. The number of nitrogens with zero attached hydrogens (tertiary/aromatic N) is 1. The molecule has 0 amide bonds. The van der Waals surface area contributed by atoms with E-state index in [0.29, 0.717) is 15.8 Å². The fourth-order valence-electron chi connectivity index (χ4n) is 1.75. The van der Waals surface area contributed by atoms with Crippen molar-refractivity contribution < 1.29 is 9.84 Å². The van der Waals surface area contributed by atoms with Gasteiger partial charge in [0.15, 0.2) is 0 Å². The first-order valence-electron chi connectivity index (χ1n) is 5.76. The predicted molar refractivity (Wildman–Crippen MR) is 77.0 cm³/mol. The van der Waals surface area contributed by atoms with Crippen LogP contribution in [0.4, 0.5) is 0 Å². The SMILES string of the molecule is COc1cccc(Sc2ncccc2Cl)c1[C@@H](C)O. The van der Waals surface area contributed by atoms with Gasteiger partial charge in [0.05, 0.1) is 18.2 Å². The van der Waals surface area contributed by atoms with E-state index >= 15 is 0 Å². The molecule has 0 saturated heterocycles. The number of aromatic nitrogens is 1. The normalized spacial score (nSPS) is 12.2. The molecule has 0 aliphatic rings. The number of pyridine rings is 1. The molecule has 2 rings (SSSR count). The Bertz CT molecular complexity index is 575.